The highest BCUT2D eigenvalue weighted by Crippen LogP contribution is 2.14. The summed E-state index contributed by atoms with van der Waals surface area (Å²) in [5, 5.41) is 2.80. The second-order valence-electron chi connectivity index (χ2n) is 3.65. The van der Waals surface area contributed by atoms with Crippen molar-refractivity contribution in [2.45, 2.75) is 6.54 Å². The zero-order chi connectivity index (χ0) is 13.0. The lowest BCUT2D eigenvalue weighted by Gasteiger charge is -2.08. The lowest BCUT2D eigenvalue weighted by Crippen LogP contribution is -2.06. The summed E-state index contributed by atoms with van der Waals surface area (Å²) in [6.45, 7) is 0.0570. The van der Waals surface area contributed by atoms with Crippen molar-refractivity contribution in [2.75, 3.05) is 5.32 Å². The molecule has 0 amide bonds. The fraction of sp³-hybridized carbons (Fsp3) is 0.0769. The van der Waals surface area contributed by atoms with Gasteiger partial charge >= 0.3 is 0 Å². The van der Waals surface area contributed by atoms with Gasteiger partial charge in [-0.05, 0) is 30.3 Å². The molecule has 5 heteroatoms. The number of aromatic nitrogens is 1. The molecule has 3 nitrogen and oxygen atoms in total. The minimum absolute atomic E-state index is 0.0570. The minimum Gasteiger partial charge on any atom is -0.365 e. The van der Waals surface area contributed by atoms with E-state index in [0.29, 0.717) is 17.7 Å². The van der Waals surface area contributed by atoms with E-state index in [-0.39, 0.29) is 12.1 Å². The number of halogens is 2. The van der Waals surface area contributed by atoms with Crippen LogP contribution in [0.15, 0.2) is 36.5 Å². The standard InChI is InChI=1S/C13H10F2N2O/c14-11-3-4-12(15)10(6-11)7-17-13-9(8-18)2-1-5-16-13/h1-6,8H,7H2,(H,16,17). The summed E-state index contributed by atoms with van der Waals surface area (Å²) in [4.78, 5) is 14.7. The quantitative estimate of drug-likeness (QED) is 0.846. The number of benzene rings is 1. The van der Waals surface area contributed by atoms with Crippen LogP contribution in [0.4, 0.5) is 14.6 Å². The molecule has 0 saturated carbocycles. The van der Waals surface area contributed by atoms with Gasteiger partial charge in [0.2, 0.25) is 0 Å². The van der Waals surface area contributed by atoms with Gasteiger partial charge in [-0.25, -0.2) is 13.8 Å². The fourth-order valence-corrected chi connectivity index (χ4v) is 1.52. The van der Waals surface area contributed by atoms with Crippen LogP contribution in [0.3, 0.4) is 0 Å². The van der Waals surface area contributed by atoms with Crippen LogP contribution in [0, 0.1) is 11.6 Å². The van der Waals surface area contributed by atoms with Crippen LogP contribution in [-0.4, -0.2) is 11.3 Å². The van der Waals surface area contributed by atoms with E-state index in [1.165, 1.54) is 6.20 Å². The van der Waals surface area contributed by atoms with Crippen LogP contribution in [0.2, 0.25) is 0 Å². The van der Waals surface area contributed by atoms with Crippen LogP contribution in [0.1, 0.15) is 15.9 Å². The number of pyridine rings is 1. The highest BCUT2D eigenvalue weighted by atomic mass is 19.1. The molecule has 0 radical (unpaired) electrons. The molecule has 0 saturated heterocycles. The maximum absolute atomic E-state index is 13.4. The van der Waals surface area contributed by atoms with E-state index < -0.39 is 11.6 Å². The molecular weight excluding hydrogens is 238 g/mol. The van der Waals surface area contributed by atoms with Gasteiger partial charge in [0.1, 0.15) is 17.5 Å². The number of aldehydes is 1. The third kappa shape index (κ3) is 2.68. The second-order valence-corrected chi connectivity index (χ2v) is 3.65. The average Bonchev–Trinajstić information content (AvgIpc) is 2.40. The lowest BCUT2D eigenvalue weighted by atomic mass is 10.2. The number of nitrogens with zero attached hydrogens (tertiary/aromatic N) is 1. The van der Waals surface area contributed by atoms with Gasteiger partial charge in [0, 0.05) is 18.3 Å². The molecule has 0 unspecified atom stereocenters. The van der Waals surface area contributed by atoms with Crippen molar-refractivity contribution in [1.82, 2.24) is 4.98 Å². The van der Waals surface area contributed by atoms with Crippen LogP contribution in [-0.2, 0) is 6.54 Å². The van der Waals surface area contributed by atoms with E-state index in [9.17, 15) is 13.6 Å². The summed E-state index contributed by atoms with van der Waals surface area (Å²) in [5.41, 5.74) is 0.548. The molecule has 0 bridgehead atoms. The van der Waals surface area contributed by atoms with Gasteiger partial charge in [-0.15, -0.1) is 0 Å². The van der Waals surface area contributed by atoms with Crippen LogP contribution in [0.25, 0.3) is 0 Å². The molecule has 0 aliphatic rings. The van der Waals surface area contributed by atoms with E-state index in [1.54, 1.807) is 12.1 Å². The smallest absolute Gasteiger partial charge is 0.153 e. The van der Waals surface area contributed by atoms with E-state index >= 15 is 0 Å². The summed E-state index contributed by atoms with van der Waals surface area (Å²) >= 11 is 0. The maximum atomic E-state index is 13.4. The third-order valence-corrected chi connectivity index (χ3v) is 2.42. The first kappa shape index (κ1) is 12.2. The van der Waals surface area contributed by atoms with Gasteiger partial charge in [-0.2, -0.15) is 0 Å². The SMILES string of the molecule is O=Cc1cccnc1NCc1cc(F)ccc1F. The number of hydrogen-bond donors (Lipinski definition) is 1. The van der Waals surface area contributed by atoms with Crippen LogP contribution < -0.4 is 5.32 Å². The summed E-state index contributed by atoms with van der Waals surface area (Å²) < 4.78 is 26.3. The number of nitrogens with one attached hydrogen (secondary N) is 1. The molecule has 1 heterocycles. The molecule has 1 aromatic heterocycles. The zero-order valence-electron chi connectivity index (χ0n) is 9.36. The summed E-state index contributed by atoms with van der Waals surface area (Å²) in [6.07, 6.45) is 2.16. The topological polar surface area (TPSA) is 42.0 Å². The first-order valence-electron chi connectivity index (χ1n) is 5.28. The normalized spacial score (nSPS) is 10.1. The van der Waals surface area contributed by atoms with Gasteiger partial charge in [0.25, 0.3) is 0 Å². The predicted molar refractivity (Wildman–Crippen MR) is 63.3 cm³/mol. The average molecular weight is 248 g/mol. The Morgan fingerprint density at radius 3 is 2.89 bits per heavy atom. The van der Waals surface area contributed by atoms with Gasteiger partial charge in [-0.3, -0.25) is 4.79 Å². The van der Waals surface area contributed by atoms with E-state index in [2.05, 4.69) is 10.3 Å². The molecule has 0 fully saturated rings. The molecule has 0 atom stereocenters. The number of rotatable bonds is 4. The van der Waals surface area contributed by atoms with Crippen molar-refractivity contribution in [3.63, 3.8) is 0 Å². The Morgan fingerprint density at radius 2 is 2.11 bits per heavy atom. The Hall–Kier alpha value is -2.30. The van der Waals surface area contributed by atoms with Crippen molar-refractivity contribution in [3.8, 4) is 0 Å². The molecule has 0 spiro atoms. The third-order valence-electron chi connectivity index (χ3n) is 2.42. The molecule has 92 valence electrons. The Kier molecular flexibility index (Phi) is 3.62. The number of anilines is 1. The Balaban J connectivity index is 2.16. The summed E-state index contributed by atoms with van der Waals surface area (Å²) in [6, 6.07) is 6.43. The Morgan fingerprint density at radius 1 is 1.28 bits per heavy atom. The molecule has 18 heavy (non-hydrogen) atoms. The van der Waals surface area contributed by atoms with Gasteiger partial charge < -0.3 is 5.32 Å². The van der Waals surface area contributed by atoms with E-state index in [0.717, 1.165) is 18.2 Å². The highest BCUT2D eigenvalue weighted by molar-refractivity contribution is 5.82. The van der Waals surface area contributed by atoms with Gasteiger partial charge in [0.05, 0.1) is 5.56 Å². The molecule has 0 aliphatic carbocycles. The molecule has 1 N–H and O–H groups in total. The minimum atomic E-state index is -0.509. The van der Waals surface area contributed by atoms with Crippen molar-refractivity contribution in [3.05, 3.63) is 59.3 Å². The molecular formula is C13H10F2N2O. The maximum Gasteiger partial charge on any atom is 0.153 e. The lowest BCUT2D eigenvalue weighted by molar-refractivity contribution is 0.112. The number of carbonyl (C=O) groups excluding carboxylic acids is 1. The van der Waals surface area contributed by atoms with Crippen molar-refractivity contribution in [1.29, 1.82) is 0 Å². The monoisotopic (exact) mass is 248 g/mol. The van der Waals surface area contributed by atoms with E-state index in [1.807, 2.05) is 0 Å². The van der Waals surface area contributed by atoms with E-state index in [4.69, 9.17) is 0 Å². The predicted octanol–water partition coefficient (Wildman–Crippen LogP) is 2.78. The summed E-state index contributed by atoms with van der Waals surface area (Å²) in [7, 11) is 0. The van der Waals surface area contributed by atoms with Gasteiger partial charge in [-0.1, -0.05) is 0 Å². The van der Waals surface area contributed by atoms with Crippen LogP contribution >= 0.6 is 0 Å². The Bertz CT molecular complexity index is 573. The first-order chi connectivity index (χ1) is 8.70. The van der Waals surface area contributed by atoms with Crippen LogP contribution in [0.5, 0.6) is 0 Å². The fourth-order valence-electron chi connectivity index (χ4n) is 1.52. The molecule has 2 aromatic rings. The Labute approximate surface area is 102 Å². The highest BCUT2D eigenvalue weighted by Gasteiger charge is 2.06. The van der Waals surface area contributed by atoms with Crippen molar-refractivity contribution in [2.24, 2.45) is 0 Å². The van der Waals surface area contributed by atoms with Crippen molar-refractivity contribution >= 4 is 12.1 Å². The molecule has 2 rings (SSSR count). The summed E-state index contributed by atoms with van der Waals surface area (Å²) in [5.74, 6) is -0.673. The second kappa shape index (κ2) is 5.35. The van der Waals surface area contributed by atoms with Crippen molar-refractivity contribution < 1.29 is 13.6 Å². The number of carbonyl (C=O) groups is 1. The zero-order valence-corrected chi connectivity index (χ0v) is 9.36. The number of hydrogen-bond acceptors (Lipinski definition) is 3. The van der Waals surface area contributed by atoms with Gasteiger partial charge in [0.15, 0.2) is 6.29 Å². The molecule has 0 aliphatic heterocycles. The largest absolute Gasteiger partial charge is 0.365 e. The first-order valence-corrected chi connectivity index (χ1v) is 5.28. The molecule has 1 aromatic carbocycles.